The van der Waals surface area contributed by atoms with Gasteiger partial charge in [-0.05, 0) is 24.5 Å². The third-order valence-electron chi connectivity index (χ3n) is 3.86. The highest BCUT2D eigenvalue weighted by molar-refractivity contribution is 6.04. The quantitative estimate of drug-likeness (QED) is 0.755. The van der Waals surface area contributed by atoms with Crippen LogP contribution in [0.15, 0.2) is 60.7 Å². The fourth-order valence-corrected chi connectivity index (χ4v) is 2.61. The van der Waals surface area contributed by atoms with Crippen LogP contribution in [-0.2, 0) is 0 Å². The summed E-state index contributed by atoms with van der Waals surface area (Å²) in [5, 5.41) is 0. The van der Waals surface area contributed by atoms with Crippen LogP contribution in [0.25, 0.3) is 0 Å². The minimum atomic E-state index is -0.454. The molecular formula is C20H23NO2. The van der Waals surface area contributed by atoms with E-state index in [1.54, 1.807) is 36.2 Å². The molecule has 1 atom stereocenters. The molecule has 0 saturated carbocycles. The van der Waals surface area contributed by atoms with E-state index in [0.29, 0.717) is 23.5 Å². The smallest absolute Gasteiger partial charge is 0.254 e. The molecule has 0 aliphatic heterocycles. The summed E-state index contributed by atoms with van der Waals surface area (Å²) in [6.07, 6.45) is 0.642. The first-order chi connectivity index (χ1) is 11.0. The summed E-state index contributed by atoms with van der Waals surface area (Å²) in [6.45, 7) is 4.12. The molecule has 0 bridgehead atoms. The zero-order valence-electron chi connectivity index (χ0n) is 13.9. The fraction of sp³-hybridized carbons (Fsp3) is 0.300. The Bertz CT molecular complexity index is 650. The maximum absolute atomic E-state index is 12.9. The lowest BCUT2D eigenvalue weighted by Gasteiger charge is -2.28. The predicted molar refractivity (Wildman–Crippen MR) is 92.6 cm³/mol. The Morgan fingerprint density at radius 2 is 1.35 bits per heavy atom. The molecule has 2 rings (SSSR count). The average molecular weight is 309 g/mol. The summed E-state index contributed by atoms with van der Waals surface area (Å²) in [6, 6.07) is 17.8. The first-order valence-electron chi connectivity index (χ1n) is 7.92. The van der Waals surface area contributed by atoms with Crippen molar-refractivity contribution >= 4 is 11.7 Å². The van der Waals surface area contributed by atoms with Gasteiger partial charge in [-0.1, -0.05) is 62.4 Å². The van der Waals surface area contributed by atoms with Gasteiger partial charge in [0.05, 0.1) is 6.04 Å². The van der Waals surface area contributed by atoms with Crippen LogP contribution in [0.4, 0.5) is 0 Å². The van der Waals surface area contributed by atoms with Gasteiger partial charge in [0.1, 0.15) is 0 Å². The van der Waals surface area contributed by atoms with E-state index in [1.165, 1.54) is 0 Å². The van der Waals surface area contributed by atoms with E-state index >= 15 is 0 Å². The normalized spacial score (nSPS) is 12.0. The highest BCUT2D eigenvalue weighted by Gasteiger charge is 2.28. The highest BCUT2D eigenvalue weighted by Crippen LogP contribution is 2.18. The Morgan fingerprint density at radius 1 is 0.870 bits per heavy atom. The maximum atomic E-state index is 12.9. The van der Waals surface area contributed by atoms with Crippen molar-refractivity contribution in [2.45, 2.75) is 26.3 Å². The van der Waals surface area contributed by atoms with Crippen molar-refractivity contribution < 1.29 is 9.59 Å². The number of hydrogen-bond acceptors (Lipinski definition) is 2. The lowest BCUT2D eigenvalue weighted by Crippen LogP contribution is -2.43. The number of hydrogen-bond donors (Lipinski definition) is 0. The molecule has 120 valence electrons. The van der Waals surface area contributed by atoms with Crippen LogP contribution in [0.2, 0.25) is 0 Å². The Balaban J connectivity index is 2.27. The van der Waals surface area contributed by atoms with Gasteiger partial charge in [-0.2, -0.15) is 0 Å². The third-order valence-corrected chi connectivity index (χ3v) is 3.86. The van der Waals surface area contributed by atoms with E-state index in [-0.39, 0.29) is 11.7 Å². The minimum Gasteiger partial charge on any atom is -0.331 e. The fourth-order valence-electron chi connectivity index (χ4n) is 2.61. The van der Waals surface area contributed by atoms with Gasteiger partial charge in [-0.3, -0.25) is 9.59 Å². The Morgan fingerprint density at radius 3 is 1.83 bits per heavy atom. The van der Waals surface area contributed by atoms with E-state index < -0.39 is 6.04 Å². The second kappa shape index (κ2) is 7.73. The molecule has 2 aromatic carbocycles. The minimum absolute atomic E-state index is 0.00826. The van der Waals surface area contributed by atoms with Crippen molar-refractivity contribution in [1.29, 1.82) is 0 Å². The molecule has 0 heterocycles. The van der Waals surface area contributed by atoms with Crippen molar-refractivity contribution in [3.05, 3.63) is 71.8 Å². The molecule has 23 heavy (non-hydrogen) atoms. The van der Waals surface area contributed by atoms with Crippen LogP contribution in [0.1, 0.15) is 41.0 Å². The first kappa shape index (κ1) is 16.9. The second-order valence-electron chi connectivity index (χ2n) is 6.16. The Kier molecular flexibility index (Phi) is 5.69. The molecule has 0 aromatic heterocycles. The molecule has 0 N–H and O–H groups in total. The van der Waals surface area contributed by atoms with E-state index in [0.717, 1.165) is 0 Å². The van der Waals surface area contributed by atoms with Crippen LogP contribution in [0.5, 0.6) is 0 Å². The topological polar surface area (TPSA) is 37.4 Å². The van der Waals surface area contributed by atoms with E-state index in [4.69, 9.17) is 0 Å². The van der Waals surface area contributed by atoms with Gasteiger partial charge in [0.25, 0.3) is 5.91 Å². The Hall–Kier alpha value is -2.42. The number of nitrogens with zero attached hydrogens (tertiary/aromatic N) is 1. The molecule has 1 amide bonds. The molecule has 0 radical (unpaired) electrons. The molecule has 3 nitrogen and oxygen atoms in total. The van der Waals surface area contributed by atoms with Gasteiger partial charge < -0.3 is 4.90 Å². The molecule has 0 spiro atoms. The largest absolute Gasteiger partial charge is 0.331 e. The molecule has 1 unspecified atom stereocenters. The molecule has 0 saturated heterocycles. The zero-order valence-corrected chi connectivity index (χ0v) is 13.9. The van der Waals surface area contributed by atoms with Crippen LogP contribution in [0.3, 0.4) is 0 Å². The predicted octanol–water partition coefficient (Wildman–Crippen LogP) is 4.06. The van der Waals surface area contributed by atoms with Crippen molar-refractivity contribution in [2.75, 3.05) is 7.05 Å². The van der Waals surface area contributed by atoms with Gasteiger partial charge in [0, 0.05) is 18.2 Å². The summed E-state index contributed by atoms with van der Waals surface area (Å²) in [5.41, 5.74) is 1.25. The Labute approximate surface area is 137 Å². The lowest BCUT2D eigenvalue weighted by atomic mass is 9.94. The number of carbonyl (C=O) groups is 2. The van der Waals surface area contributed by atoms with Crippen molar-refractivity contribution in [2.24, 2.45) is 5.92 Å². The van der Waals surface area contributed by atoms with Crippen LogP contribution < -0.4 is 0 Å². The van der Waals surface area contributed by atoms with Gasteiger partial charge in [-0.15, -0.1) is 0 Å². The molecule has 3 heteroatoms. The van der Waals surface area contributed by atoms with Crippen molar-refractivity contribution in [1.82, 2.24) is 4.90 Å². The van der Waals surface area contributed by atoms with Gasteiger partial charge in [0.2, 0.25) is 0 Å². The molecule has 0 aliphatic carbocycles. The van der Waals surface area contributed by atoms with E-state index in [2.05, 4.69) is 13.8 Å². The summed E-state index contributed by atoms with van der Waals surface area (Å²) in [5.74, 6) is 0.185. The molecular weight excluding hydrogens is 286 g/mol. The monoisotopic (exact) mass is 309 g/mol. The van der Waals surface area contributed by atoms with E-state index in [9.17, 15) is 9.59 Å². The van der Waals surface area contributed by atoms with Crippen LogP contribution in [0, 0.1) is 5.92 Å². The number of Topliss-reactive ketones (excluding diaryl/α,β-unsaturated/α-hetero) is 1. The summed E-state index contributed by atoms with van der Waals surface area (Å²) in [4.78, 5) is 27.1. The van der Waals surface area contributed by atoms with Gasteiger partial charge >= 0.3 is 0 Å². The SMILES string of the molecule is CC(C)CC(C(=O)c1ccccc1)N(C)C(=O)c1ccccc1. The summed E-state index contributed by atoms with van der Waals surface area (Å²) in [7, 11) is 1.71. The average Bonchev–Trinajstić information content (AvgIpc) is 2.59. The summed E-state index contributed by atoms with van der Waals surface area (Å²) >= 11 is 0. The van der Waals surface area contributed by atoms with Crippen molar-refractivity contribution in [3.8, 4) is 0 Å². The van der Waals surface area contributed by atoms with E-state index in [1.807, 2.05) is 36.4 Å². The lowest BCUT2D eigenvalue weighted by molar-refractivity contribution is 0.0637. The van der Waals surface area contributed by atoms with Gasteiger partial charge in [-0.25, -0.2) is 0 Å². The third kappa shape index (κ3) is 4.28. The molecule has 2 aromatic rings. The van der Waals surface area contributed by atoms with Gasteiger partial charge in [0.15, 0.2) is 5.78 Å². The number of amides is 1. The zero-order chi connectivity index (χ0) is 16.8. The first-order valence-corrected chi connectivity index (χ1v) is 7.92. The van der Waals surface area contributed by atoms with Crippen LogP contribution >= 0.6 is 0 Å². The highest BCUT2D eigenvalue weighted by atomic mass is 16.2. The number of rotatable bonds is 6. The summed E-state index contributed by atoms with van der Waals surface area (Å²) < 4.78 is 0. The molecule has 0 fully saturated rings. The van der Waals surface area contributed by atoms with Crippen molar-refractivity contribution in [3.63, 3.8) is 0 Å². The molecule has 0 aliphatic rings. The second-order valence-corrected chi connectivity index (χ2v) is 6.16. The van der Waals surface area contributed by atoms with Crippen LogP contribution in [-0.4, -0.2) is 29.7 Å². The number of benzene rings is 2. The number of carbonyl (C=O) groups excluding carboxylic acids is 2. The number of ketones is 1. The number of likely N-dealkylation sites (N-methyl/N-ethyl adjacent to an activating group) is 1. The standard InChI is InChI=1S/C20H23NO2/c1-15(2)14-18(19(22)16-10-6-4-7-11-16)21(3)20(23)17-12-8-5-9-13-17/h4-13,15,18H,14H2,1-3H3. The maximum Gasteiger partial charge on any atom is 0.254 e.